The lowest BCUT2D eigenvalue weighted by Crippen LogP contribution is -2.44. The highest BCUT2D eigenvalue weighted by Gasteiger charge is 2.24. The van der Waals surface area contributed by atoms with Crippen LogP contribution in [0.1, 0.15) is 21.5 Å². The first-order valence-corrected chi connectivity index (χ1v) is 13.1. The van der Waals surface area contributed by atoms with E-state index in [1.54, 1.807) is 6.07 Å². The van der Waals surface area contributed by atoms with Crippen LogP contribution in [0.25, 0.3) is 0 Å². The average molecular weight is 510 g/mol. The Labute approximate surface area is 212 Å². The fourth-order valence-corrected chi connectivity index (χ4v) is 5.47. The molecule has 9 nitrogen and oxygen atoms in total. The summed E-state index contributed by atoms with van der Waals surface area (Å²) in [4.78, 5) is 21.5. The lowest BCUT2D eigenvalue weighted by atomic mass is 10.1. The number of nitrogens with one attached hydrogen (secondary N) is 2. The van der Waals surface area contributed by atoms with Crippen LogP contribution in [0.3, 0.4) is 0 Å². The predicted molar refractivity (Wildman–Crippen MR) is 142 cm³/mol. The molecule has 0 radical (unpaired) electrons. The molecule has 1 saturated heterocycles. The molecule has 0 saturated carbocycles. The minimum absolute atomic E-state index is 0.0659. The Hall–Kier alpha value is -3.63. The van der Waals surface area contributed by atoms with Gasteiger partial charge in [0.1, 0.15) is 0 Å². The number of nitrogens with zero attached hydrogens (tertiary/aromatic N) is 3. The van der Waals surface area contributed by atoms with Gasteiger partial charge in [0.2, 0.25) is 5.88 Å². The van der Waals surface area contributed by atoms with Gasteiger partial charge in [0.25, 0.3) is 15.9 Å². The molecule has 10 heteroatoms. The highest BCUT2D eigenvalue weighted by atomic mass is 32.2. The Morgan fingerprint density at radius 1 is 1.00 bits per heavy atom. The zero-order chi connectivity index (χ0) is 25.9. The van der Waals surface area contributed by atoms with Gasteiger partial charge in [-0.2, -0.15) is 0 Å². The van der Waals surface area contributed by atoms with E-state index in [1.807, 2.05) is 50.2 Å². The molecule has 0 unspecified atom stereocenters. The van der Waals surface area contributed by atoms with Crippen molar-refractivity contribution >= 4 is 33.0 Å². The van der Waals surface area contributed by atoms with Gasteiger partial charge in [-0.15, -0.1) is 0 Å². The Bertz CT molecular complexity index is 1350. The monoisotopic (exact) mass is 509 g/mol. The van der Waals surface area contributed by atoms with E-state index in [4.69, 9.17) is 4.74 Å². The maximum absolute atomic E-state index is 13.3. The van der Waals surface area contributed by atoms with Crippen LogP contribution < -0.4 is 19.7 Å². The summed E-state index contributed by atoms with van der Waals surface area (Å²) in [5.41, 5.74) is 3.76. The van der Waals surface area contributed by atoms with Gasteiger partial charge < -0.3 is 19.9 Å². The molecule has 1 aromatic heterocycles. The number of carbonyl (C=O) groups is 1. The van der Waals surface area contributed by atoms with Crippen LogP contribution in [0.5, 0.6) is 5.88 Å². The van der Waals surface area contributed by atoms with Crippen LogP contribution in [0.15, 0.2) is 59.6 Å². The first kappa shape index (κ1) is 25.5. The van der Waals surface area contributed by atoms with Crippen molar-refractivity contribution in [1.29, 1.82) is 0 Å². The summed E-state index contributed by atoms with van der Waals surface area (Å²) in [5.74, 6) is -0.423. The first-order valence-electron chi connectivity index (χ1n) is 11.7. The van der Waals surface area contributed by atoms with Crippen LogP contribution in [0.4, 0.5) is 17.1 Å². The topological polar surface area (TPSA) is 104 Å². The number of aromatic nitrogens is 1. The largest absolute Gasteiger partial charge is 0.480 e. The summed E-state index contributed by atoms with van der Waals surface area (Å²) in [6.07, 6.45) is 1.37. The zero-order valence-corrected chi connectivity index (χ0v) is 21.7. The smallest absolute Gasteiger partial charge is 0.267 e. The maximum Gasteiger partial charge on any atom is 0.267 e. The Morgan fingerprint density at radius 3 is 2.33 bits per heavy atom. The lowest BCUT2D eigenvalue weighted by Gasteiger charge is -2.34. The van der Waals surface area contributed by atoms with Crippen LogP contribution >= 0.6 is 0 Å². The van der Waals surface area contributed by atoms with Gasteiger partial charge in [0.15, 0.2) is 4.90 Å². The quantitative estimate of drug-likeness (QED) is 0.502. The molecule has 1 aliphatic rings. The molecule has 1 fully saturated rings. The molecule has 36 heavy (non-hydrogen) atoms. The third-order valence-electron chi connectivity index (χ3n) is 6.25. The highest BCUT2D eigenvalue weighted by Crippen LogP contribution is 2.29. The lowest BCUT2D eigenvalue weighted by molar-refractivity contribution is 0.102. The van der Waals surface area contributed by atoms with E-state index in [0.717, 1.165) is 43.0 Å². The van der Waals surface area contributed by atoms with Gasteiger partial charge in [-0.05, 0) is 56.3 Å². The van der Waals surface area contributed by atoms with Crippen LogP contribution in [0.2, 0.25) is 0 Å². The van der Waals surface area contributed by atoms with Crippen LogP contribution in [0, 0.1) is 13.8 Å². The highest BCUT2D eigenvalue weighted by molar-refractivity contribution is 7.92. The molecular weight excluding hydrogens is 478 g/mol. The number of methoxy groups -OCH3 is 1. The minimum atomic E-state index is -4.05. The molecule has 2 aromatic carbocycles. The summed E-state index contributed by atoms with van der Waals surface area (Å²) < 4.78 is 34.4. The van der Waals surface area contributed by atoms with Crippen molar-refractivity contribution in [3.63, 3.8) is 0 Å². The summed E-state index contributed by atoms with van der Waals surface area (Å²) in [6.45, 7) is 7.35. The van der Waals surface area contributed by atoms with Crippen LogP contribution in [-0.4, -0.2) is 64.5 Å². The van der Waals surface area contributed by atoms with Crippen molar-refractivity contribution in [2.24, 2.45) is 0 Å². The normalized spacial score (nSPS) is 14.4. The standard InChI is InChI=1S/C26H31N5O4S/c1-18-7-5-8-19(2)24(18)29-36(33,34)23-16-21(17-27-26(23)35-4)28-25(32)20-9-6-10-22(15-20)31-13-11-30(3)12-14-31/h5-10,15-17,29H,11-14H2,1-4H3,(H,28,32). The molecule has 0 spiro atoms. The van der Waals surface area contributed by atoms with Crippen molar-refractivity contribution in [2.45, 2.75) is 18.7 Å². The van der Waals surface area contributed by atoms with Gasteiger partial charge >= 0.3 is 0 Å². The third kappa shape index (κ3) is 5.60. The minimum Gasteiger partial charge on any atom is -0.480 e. The molecule has 0 atom stereocenters. The Morgan fingerprint density at radius 2 is 1.67 bits per heavy atom. The molecule has 2 heterocycles. The first-order chi connectivity index (χ1) is 17.2. The number of hydrogen-bond acceptors (Lipinski definition) is 7. The Kier molecular flexibility index (Phi) is 7.46. The van der Waals surface area contributed by atoms with E-state index in [9.17, 15) is 13.2 Å². The van der Waals surface area contributed by atoms with Crippen molar-refractivity contribution < 1.29 is 17.9 Å². The molecule has 1 aliphatic heterocycles. The second-order valence-electron chi connectivity index (χ2n) is 8.90. The average Bonchev–Trinajstić information content (AvgIpc) is 2.87. The van der Waals surface area contributed by atoms with Gasteiger partial charge in [0.05, 0.1) is 24.7 Å². The number of likely N-dealkylation sites (N-methyl/N-ethyl adjacent to an activating group) is 1. The number of anilines is 3. The van der Waals surface area contributed by atoms with E-state index in [0.29, 0.717) is 11.3 Å². The molecule has 0 aliphatic carbocycles. The van der Waals surface area contributed by atoms with Crippen LogP contribution in [-0.2, 0) is 10.0 Å². The number of ether oxygens (including phenoxy) is 1. The fourth-order valence-electron chi connectivity index (χ4n) is 4.12. The van der Waals surface area contributed by atoms with Crippen molar-refractivity contribution in [2.75, 3.05) is 55.3 Å². The molecule has 2 N–H and O–H groups in total. The molecular formula is C26H31N5O4S. The third-order valence-corrected chi connectivity index (χ3v) is 7.60. The summed E-state index contributed by atoms with van der Waals surface area (Å²) in [5, 5.41) is 2.77. The number of benzene rings is 2. The molecule has 190 valence electrons. The number of rotatable bonds is 7. The number of para-hydroxylation sites is 1. The van der Waals surface area contributed by atoms with E-state index in [-0.39, 0.29) is 22.4 Å². The van der Waals surface area contributed by atoms with Gasteiger partial charge in [0, 0.05) is 37.4 Å². The second kappa shape index (κ2) is 10.5. The van der Waals surface area contributed by atoms with Gasteiger partial charge in [-0.25, -0.2) is 13.4 Å². The maximum atomic E-state index is 13.3. The van der Waals surface area contributed by atoms with E-state index in [2.05, 4.69) is 31.9 Å². The molecule has 4 rings (SSSR count). The Balaban J connectivity index is 1.57. The number of aryl methyl sites for hydroxylation is 2. The number of amides is 1. The zero-order valence-electron chi connectivity index (χ0n) is 20.9. The van der Waals surface area contributed by atoms with Gasteiger partial charge in [-0.1, -0.05) is 24.3 Å². The second-order valence-corrected chi connectivity index (χ2v) is 10.5. The van der Waals surface area contributed by atoms with E-state index >= 15 is 0 Å². The number of hydrogen-bond donors (Lipinski definition) is 2. The summed E-state index contributed by atoms with van der Waals surface area (Å²) in [6, 6.07) is 14.3. The number of piperazine rings is 1. The van der Waals surface area contributed by atoms with Crippen molar-refractivity contribution in [1.82, 2.24) is 9.88 Å². The molecule has 0 bridgehead atoms. The SMILES string of the molecule is COc1ncc(NC(=O)c2cccc(N3CCN(C)CC3)c2)cc1S(=O)(=O)Nc1c(C)cccc1C. The number of pyridine rings is 1. The van der Waals surface area contributed by atoms with E-state index < -0.39 is 10.0 Å². The molecule has 1 amide bonds. The number of carbonyl (C=O) groups excluding carboxylic acids is 1. The van der Waals surface area contributed by atoms with E-state index in [1.165, 1.54) is 19.4 Å². The van der Waals surface area contributed by atoms with Gasteiger partial charge in [-0.3, -0.25) is 9.52 Å². The number of sulfonamides is 1. The van der Waals surface area contributed by atoms with Crippen molar-refractivity contribution in [3.05, 3.63) is 71.4 Å². The molecule has 3 aromatic rings. The fraction of sp³-hybridized carbons (Fsp3) is 0.308. The summed E-state index contributed by atoms with van der Waals surface area (Å²) >= 11 is 0. The summed E-state index contributed by atoms with van der Waals surface area (Å²) in [7, 11) is -0.606. The van der Waals surface area contributed by atoms with Crippen molar-refractivity contribution in [3.8, 4) is 5.88 Å². The predicted octanol–water partition coefficient (Wildman–Crippen LogP) is 3.51.